The van der Waals surface area contributed by atoms with E-state index in [9.17, 15) is 0 Å². The SMILES string of the molecule is CC(C)c1c(CCCO)c(Br)cc2c1OCCO2. The fraction of sp³-hybridized carbons (Fsp3) is 0.571. The first-order chi connectivity index (χ1) is 8.65. The molecule has 0 saturated carbocycles. The molecule has 100 valence electrons. The summed E-state index contributed by atoms with van der Waals surface area (Å²) in [5.41, 5.74) is 2.43. The van der Waals surface area contributed by atoms with Crippen LogP contribution in [-0.4, -0.2) is 24.9 Å². The minimum absolute atomic E-state index is 0.207. The maximum atomic E-state index is 9.02. The molecule has 1 aliphatic rings. The van der Waals surface area contributed by atoms with Crippen molar-refractivity contribution in [1.29, 1.82) is 0 Å². The van der Waals surface area contributed by atoms with Crippen LogP contribution >= 0.6 is 15.9 Å². The Hall–Kier alpha value is -0.740. The summed E-state index contributed by atoms with van der Waals surface area (Å²) in [6.45, 7) is 5.73. The zero-order valence-corrected chi connectivity index (χ0v) is 12.4. The van der Waals surface area contributed by atoms with Crippen LogP contribution in [0.4, 0.5) is 0 Å². The van der Waals surface area contributed by atoms with Crippen molar-refractivity contribution in [3.8, 4) is 11.5 Å². The largest absolute Gasteiger partial charge is 0.486 e. The predicted octanol–water partition coefficient (Wildman–Crippen LogP) is 3.27. The number of ether oxygens (including phenoxy) is 2. The average molecular weight is 315 g/mol. The van der Waals surface area contributed by atoms with Gasteiger partial charge in [-0.25, -0.2) is 0 Å². The first-order valence-electron chi connectivity index (χ1n) is 6.37. The van der Waals surface area contributed by atoms with Gasteiger partial charge in [0.25, 0.3) is 0 Å². The molecule has 1 aromatic carbocycles. The van der Waals surface area contributed by atoms with Crippen molar-refractivity contribution in [2.75, 3.05) is 19.8 Å². The second-order valence-corrected chi connectivity index (χ2v) is 5.61. The zero-order chi connectivity index (χ0) is 13.1. The smallest absolute Gasteiger partial charge is 0.165 e. The third-order valence-corrected chi connectivity index (χ3v) is 3.80. The number of hydrogen-bond donors (Lipinski definition) is 1. The van der Waals surface area contributed by atoms with Crippen LogP contribution in [-0.2, 0) is 6.42 Å². The number of rotatable bonds is 4. The Morgan fingerprint density at radius 3 is 2.72 bits per heavy atom. The van der Waals surface area contributed by atoms with E-state index in [4.69, 9.17) is 14.6 Å². The van der Waals surface area contributed by atoms with Gasteiger partial charge in [-0.1, -0.05) is 29.8 Å². The number of aliphatic hydroxyl groups is 1. The van der Waals surface area contributed by atoms with Crippen molar-refractivity contribution >= 4 is 15.9 Å². The van der Waals surface area contributed by atoms with Gasteiger partial charge in [0.2, 0.25) is 0 Å². The van der Waals surface area contributed by atoms with Crippen LogP contribution in [0, 0.1) is 0 Å². The van der Waals surface area contributed by atoms with Gasteiger partial charge in [0.1, 0.15) is 13.2 Å². The Morgan fingerprint density at radius 1 is 1.33 bits per heavy atom. The molecular weight excluding hydrogens is 296 g/mol. The summed E-state index contributed by atoms with van der Waals surface area (Å²) >= 11 is 3.61. The van der Waals surface area contributed by atoms with Crippen molar-refractivity contribution in [3.05, 3.63) is 21.7 Å². The lowest BCUT2D eigenvalue weighted by molar-refractivity contribution is 0.169. The monoisotopic (exact) mass is 314 g/mol. The maximum absolute atomic E-state index is 9.02. The molecule has 0 aromatic heterocycles. The summed E-state index contributed by atoms with van der Waals surface area (Å²) in [5.74, 6) is 2.07. The summed E-state index contributed by atoms with van der Waals surface area (Å²) in [6, 6.07) is 1.98. The highest BCUT2D eigenvalue weighted by molar-refractivity contribution is 9.10. The van der Waals surface area contributed by atoms with Gasteiger partial charge in [-0.3, -0.25) is 0 Å². The Balaban J connectivity index is 2.50. The first kappa shape index (κ1) is 13.7. The van der Waals surface area contributed by atoms with E-state index < -0.39 is 0 Å². The Bertz CT molecular complexity index is 430. The Labute approximate surface area is 116 Å². The highest BCUT2D eigenvalue weighted by Crippen LogP contribution is 2.43. The van der Waals surface area contributed by atoms with Gasteiger partial charge >= 0.3 is 0 Å². The van der Waals surface area contributed by atoms with Crippen molar-refractivity contribution < 1.29 is 14.6 Å². The minimum atomic E-state index is 0.207. The fourth-order valence-electron chi connectivity index (χ4n) is 2.34. The van der Waals surface area contributed by atoms with Gasteiger partial charge in [-0.2, -0.15) is 0 Å². The molecule has 0 aliphatic carbocycles. The molecule has 1 heterocycles. The van der Waals surface area contributed by atoms with Gasteiger partial charge in [-0.05, 0) is 30.4 Å². The molecule has 4 heteroatoms. The lowest BCUT2D eigenvalue weighted by atomic mass is 9.93. The number of fused-ring (bicyclic) bond motifs is 1. The Morgan fingerprint density at radius 2 is 2.06 bits per heavy atom. The molecule has 2 rings (SSSR count). The third-order valence-electron chi connectivity index (χ3n) is 3.09. The summed E-state index contributed by atoms with van der Waals surface area (Å²) in [6.07, 6.45) is 1.61. The van der Waals surface area contributed by atoms with E-state index in [1.54, 1.807) is 0 Å². The molecule has 0 amide bonds. The average Bonchev–Trinajstić information content (AvgIpc) is 2.35. The fourth-order valence-corrected chi connectivity index (χ4v) is 2.96. The molecule has 1 N–H and O–H groups in total. The quantitative estimate of drug-likeness (QED) is 0.927. The topological polar surface area (TPSA) is 38.7 Å². The molecule has 0 radical (unpaired) electrons. The number of benzene rings is 1. The molecule has 1 aliphatic heterocycles. The van der Waals surface area contributed by atoms with E-state index >= 15 is 0 Å². The van der Waals surface area contributed by atoms with Gasteiger partial charge < -0.3 is 14.6 Å². The summed E-state index contributed by atoms with van der Waals surface area (Å²) in [4.78, 5) is 0. The second-order valence-electron chi connectivity index (χ2n) is 4.76. The molecule has 0 saturated heterocycles. The number of aliphatic hydroxyl groups excluding tert-OH is 1. The molecule has 3 nitrogen and oxygen atoms in total. The van der Waals surface area contributed by atoms with Gasteiger partial charge in [0.15, 0.2) is 11.5 Å². The van der Waals surface area contributed by atoms with Crippen molar-refractivity contribution in [2.24, 2.45) is 0 Å². The van der Waals surface area contributed by atoms with Crippen molar-refractivity contribution in [3.63, 3.8) is 0 Å². The van der Waals surface area contributed by atoms with Crippen LogP contribution in [0.25, 0.3) is 0 Å². The van der Waals surface area contributed by atoms with E-state index in [-0.39, 0.29) is 6.61 Å². The van der Waals surface area contributed by atoms with Crippen LogP contribution in [0.5, 0.6) is 11.5 Å². The summed E-state index contributed by atoms with van der Waals surface area (Å²) in [7, 11) is 0. The van der Waals surface area contributed by atoms with Crippen LogP contribution in [0.15, 0.2) is 10.5 Å². The van der Waals surface area contributed by atoms with E-state index in [0.717, 1.165) is 28.8 Å². The van der Waals surface area contributed by atoms with Crippen LogP contribution < -0.4 is 9.47 Å². The van der Waals surface area contributed by atoms with E-state index in [0.29, 0.717) is 19.1 Å². The number of hydrogen-bond acceptors (Lipinski definition) is 3. The van der Waals surface area contributed by atoms with Crippen LogP contribution in [0.1, 0.15) is 37.3 Å². The molecule has 1 aromatic rings. The van der Waals surface area contributed by atoms with Crippen LogP contribution in [0.2, 0.25) is 0 Å². The molecule has 0 spiro atoms. The highest BCUT2D eigenvalue weighted by atomic mass is 79.9. The number of halogens is 1. The lowest BCUT2D eigenvalue weighted by Crippen LogP contribution is -2.18. The maximum Gasteiger partial charge on any atom is 0.165 e. The van der Waals surface area contributed by atoms with Gasteiger partial charge in [-0.15, -0.1) is 0 Å². The third kappa shape index (κ3) is 2.64. The lowest BCUT2D eigenvalue weighted by Gasteiger charge is -2.26. The molecule has 18 heavy (non-hydrogen) atoms. The zero-order valence-electron chi connectivity index (χ0n) is 10.8. The van der Waals surface area contributed by atoms with Gasteiger partial charge in [0, 0.05) is 16.6 Å². The highest BCUT2D eigenvalue weighted by Gasteiger charge is 2.23. The minimum Gasteiger partial charge on any atom is -0.486 e. The summed E-state index contributed by atoms with van der Waals surface area (Å²) < 4.78 is 12.5. The predicted molar refractivity (Wildman–Crippen MR) is 74.6 cm³/mol. The molecule has 0 bridgehead atoms. The molecule has 0 fully saturated rings. The molecule has 0 atom stereocenters. The van der Waals surface area contributed by atoms with E-state index in [1.165, 1.54) is 11.1 Å². The molecular formula is C14H19BrO3. The van der Waals surface area contributed by atoms with Crippen molar-refractivity contribution in [2.45, 2.75) is 32.6 Å². The first-order valence-corrected chi connectivity index (χ1v) is 7.16. The normalized spacial score (nSPS) is 14.1. The van der Waals surface area contributed by atoms with Crippen LogP contribution in [0.3, 0.4) is 0 Å². The van der Waals surface area contributed by atoms with E-state index in [1.807, 2.05) is 6.07 Å². The Kier molecular flexibility index (Phi) is 4.51. The standard InChI is InChI=1S/C14H19BrO3/c1-9(2)13-10(4-3-5-16)11(15)8-12-14(13)18-7-6-17-12/h8-9,16H,3-7H2,1-2H3. The molecule has 0 unspecified atom stereocenters. The van der Waals surface area contributed by atoms with Crippen molar-refractivity contribution in [1.82, 2.24) is 0 Å². The summed E-state index contributed by atoms with van der Waals surface area (Å²) in [5, 5.41) is 9.02. The van der Waals surface area contributed by atoms with E-state index in [2.05, 4.69) is 29.8 Å². The van der Waals surface area contributed by atoms with Gasteiger partial charge in [0.05, 0.1) is 0 Å². The second kappa shape index (κ2) is 5.93.